The van der Waals surface area contributed by atoms with Crippen LogP contribution in [0.3, 0.4) is 0 Å². The number of nitrogens with one attached hydrogen (secondary N) is 1. The molecule has 0 bridgehead atoms. The second kappa shape index (κ2) is 8.22. The number of aliphatic hydroxyl groups excluding tert-OH is 1. The van der Waals surface area contributed by atoms with Crippen LogP contribution >= 0.6 is 0 Å². The summed E-state index contributed by atoms with van der Waals surface area (Å²) in [5, 5.41) is 23.6. The van der Waals surface area contributed by atoms with Gasteiger partial charge in [0.2, 0.25) is 0 Å². The molecule has 3 N–H and O–H groups in total. The predicted molar refractivity (Wildman–Crippen MR) is 82.8 cm³/mol. The number of aliphatic hydroxyl groups is 1. The Kier molecular flexibility index (Phi) is 6.29. The molecule has 5 heteroatoms. The first-order valence-electron chi connectivity index (χ1n) is 7.77. The van der Waals surface area contributed by atoms with Crippen LogP contribution in [0.4, 0.5) is 0 Å². The average Bonchev–Trinajstić information content (AvgIpc) is 2.53. The number of piperazine rings is 1. The summed E-state index contributed by atoms with van der Waals surface area (Å²) in [4.78, 5) is 2.33. The molecule has 0 aliphatic carbocycles. The minimum absolute atomic E-state index is 0.131. The van der Waals surface area contributed by atoms with E-state index in [0.717, 1.165) is 39.1 Å². The van der Waals surface area contributed by atoms with Crippen molar-refractivity contribution in [3.63, 3.8) is 0 Å². The van der Waals surface area contributed by atoms with E-state index in [9.17, 15) is 10.2 Å². The summed E-state index contributed by atoms with van der Waals surface area (Å²) in [7, 11) is 0. The van der Waals surface area contributed by atoms with E-state index in [1.54, 1.807) is 18.2 Å². The third-order valence-electron chi connectivity index (χ3n) is 3.76. The van der Waals surface area contributed by atoms with Crippen LogP contribution in [-0.4, -0.2) is 54.4 Å². The van der Waals surface area contributed by atoms with Crippen molar-refractivity contribution in [2.45, 2.75) is 25.9 Å². The van der Waals surface area contributed by atoms with E-state index in [4.69, 9.17) is 4.74 Å². The fourth-order valence-corrected chi connectivity index (χ4v) is 2.50. The molecular formula is C16H26N2O3. The van der Waals surface area contributed by atoms with Crippen molar-refractivity contribution in [2.24, 2.45) is 0 Å². The lowest BCUT2D eigenvalue weighted by Crippen LogP contribution is -2.44. The van der Waals surface area contributed by atoms with Crippen molar-refractivity contribution in [3.05, 3.63) is 23.8 Å². The Morgan fingerprint density at radius 2 is 2.10 bits per heavy atom. The summed E-state index contributed by atoms with van der Waals surface area (Å²) in [5.74, 6) is 0.831. The van der Waals surface area contributed by atoms with E-state index in [1.165, 1.54) is 0 Å². The Balaban J connectivity index is 1.91. The molecule has 118 valence electrons. The van der Waals surface area contributed by atoms with Crippen LogP contribution in [0, 0.1) is 0 Å². The SMILES string of the molecule is CCCOc1ccc(O)c(C(O)CCN2CCNCC2)c1. The molecule has 1 aliphatic heterocycles. The first-order chi connectivity index (χ1) is 10.2. The van der Waals surface area contributed by atoms with Crippen molar-refractivity contribution >= 4 is 0 Å². The minimum Gasteiger partial charge on any atom is -0.508 e. The third-order valence-corrected chi connectivity index (χ3v) is 3.76. The maximum Gasteiger partial charge on any atom is 0.121 e. The Bertz CT molecular complexity index is 434. The molecule has 0 amide bonds. The second-order valence-corrected chi connectivity index (χ2v) is 5.47. The van der Waals surface area contributed by atoms with Gasteiger partial charge in [-0.2, -0.15) is 0 Å². The summed E-state index contributed by atoms with van der Waals surface area (Å²) in [5.41, 5.74) is 0.554. The van der Waals surface area contributed by atoms with Gasteiger partial charge in [-0.25, -0.2) is 0 Å². The molecule has 1 aliphatic rings. The summed E-state index contributed by atoms with van der Waals surface area (Å²) in [6, 6.07) is 5.07. The van der Waals surface area contributed by atoms with Crippen LogP contribution in [0.15, 0.2) is 18.2 Å². The third kappa shape index (κ3) is 4.88. The van der Waals surface area contributed by atoms with Crippen LogP contribution in [-0.2, 0) is 0 Å². The smallest absolute Gasteiger partial charge is 0.121 e. The van der Waals surface area contributed by atoms with E-state index in [0.29, 0.717) is 24.3 Å². The van der Waals surface area contributed by atoms with Gasteiger partial charge >= 0.3 is 0 Å². The molecule has 0 spiro atoms. The summed E-state index contributed by atoms with van der Waals surface area (Å²) in [6.07, 6.45) is 0.886. The lowest BCUT2D eigenvalue weighted by Gasteiger charge is -2.28. The number of aromatic hydroxyl groups is 1. The fourth-order valence-electron chi connectivity index (χ4n) is 2.50. The molecule has 0 aromatic heterocycles. The predicted octanol–water partition coefficient (Wildman–Crippen LogP) is 1.51. The van der Waals surface area contributed by atoms with E-state index < -0.39 is 6.10 Å². The number of phenols is 1. The Labute approximate surface area is 126 Å². The van der Waals surface area contributed by atoms with Crippen LogP contribution in [0.1, 0.15) is 31.4 Å². The van der Waals surface area contributed by atoms with Gasteiger partial charge in [-0.15, -0.1) is 0 Å². The average molecular weight is 294 g/mol. The summed E-state index contributed by atoms with van der Waals surface area (Å²) in [6.45, 7) is 7.55. The highest BCUT2D eigenvalue weighted by Crippen LogP contribution is 2.30. The largest absolute Gasteiger partial charge is 0.508 e. The van der Waals surface area contributed by atoms with Gasteiger partial charge in [0.25, 0.3) is 0 Å². The molecule has 21 heavy (non-hydrogen) atoms. The molecule has 1 saturated heterocycles. The number of ether oxygens (including phenoxy) is 1. The van der Waals surface area contributed by atoms with Crippen molar-refractivity contribution in [3.8, 4) is 11.5 Å². The van der Waals surface area contributed by atoms with Gasteiger partial charge in [0.1, 0.15) is 11.5 Å². The molecule has 1 aromatic rings. The Morgan fingerprint density at radius 3 is 2.81 bits per heavy atom. The molecular weight excluding hydrogens is 268 g/mol. The molecule has 1 atom stereocenters. The zero-order valence-electron chi connectivity index (χ0n) is 12.7. The number of nitrogens with zero attached hydrogens (tertiary/aromatic N) is 1. The van der Waals surface area contributed by atoms with Gasteiger partial charge < -0.3 is 25.2 Å². The van der Waals surface area contributed by atoms with Crippen LogP contribution < -0.4 is 10.1 Å². The van der Waals surface area contributed by atoms with Gasteiger partial charge in [0, 0.05) is 38.3 Å². The van der Waals surface area contributed by atoms with E-state index in [1.807, 2.05) is 6.92 Å². The standard InChI is InChI=1S/C16H26N2O3/c1-2-11-21-13-3-4-15(19)14(12-13)16(20)5-8-18-9-6-17-7-10-18/h3-4,12,16-17,19-20H,2,5-11H2,1H3. The molecule has 1 heterocycles. The highest BCUT2D eigenvalue weighted by molar-refractivity contribution is 5.40. The zero-order chi connectivity index (χ0) is 15.1. The van der Waals surface area contributed by atoms with Crippen molar-refractivity contribution < 1.29 is 14.9 Å². The van der Waals surface area contributed by atoms with E-state index in [2.05, 4.69) is 10.2 Å². The first kappa shape index (κ1) is 16.1. The maximum absolute atomic E-state index is 10.3. The Morgan fingerprint density at radius 1 is 1.33 bits per heavy atom. The molecule has 1 fully saturated rings. The van der Waals surface area contributed by atoms with Crippen molar-refractivity contribution in [1.29, 1.82) is 0 Å². The normalized spacial score (nSPS) is 17.6. The molecule has 5 nitrogen and oxygen atoms in total. The Hall–Kier alpha value is -1.30. The number of phenolic OH excluding ortho intramolecular Hbond substituents is 1. The highest BCUT2D eigenvalue weighted by atomic mass is 16.5. The van der Waals surface area contributed by atoms with Gasteiger partial charge in [0.05, 0.1) is 12.7 Å². The quantitative estimate of drug-likeness (QED) is 0.711. The fraction of sp³-hybridized carbons (Fsp3) is 0.625. The zero-order valence-corrected chi connectivity index (χ0v) is 12.7. The monoisotopic (exact) mass is 294 g/mol. The second-order valence-electron chi connectivity index (χ2n) is 5.47. The van der Waals surface area contributed by atoms with Gasteiger partial charge in [0.15, 0.2) is 0 Å². The summed E-state index contributed by atoms with van der Waals surface area (Å²) >= 11 is 0. The highest BCUT2D eigenvalue weighted by Gasteiger charge is 2.16. The lowest BCUT2D eigenvalue weighted by atomic mass is 10.0. The van der Waals surface area contributed by atoms with Crippen LogP contribution in [0.2, 0.25) is 0 Å². The maximum atomic E-state index is 10.3. The van der Waals surface area contributed by atoms with Gasteiger partial charge in [-0.1, -0.05) is 6.92 Å². The first-order valence-corrected chi connectivity index (χ1v) is 7.77. The minimum atomic E-state index is -0.662. The molecule has 1 unspecified atom stereocenters. The summed E-state index contributed by atoms with van der Waals surface area (Å²) < 4.78 is 5.55. The van der Waals surface area contributed by atoms with E-state index in [-0.39, 0.29) is 5.75 Å². The molecule has 0 radical (unpaired) electrons. The van der Waals surface area contributed by atoms with Crippen molar-refractivity contribution in [2.75, 3.05) is 39.3 Å². The molecule has 0 saturated carbocycles. The lowest BCUT2D eigenvalue weighted by molar-refractivity contribution is 0.134. The molecule has 2 rings (SSSR count). The number of hydrogen-bond donors (Lipinski definition) is 3. The van der Waals surface area contributed by atoms with Gasteiger partial charge in [-0.3, -0.25) is 0 Å². The van der Waals surface area contributed by atoms with Crippen LogP contribution in [0.25, 0.3) is 0 Å². The number of hydrogen-bond acceptors (Lipinski definition) is 5. The van der Waals surface area contributed by atoms with E-state index >= 15 is 0 Å². The number of benzene rings is 1. The van der Waals surface area contributed by atoms with Gasteiger partial charge in [-0.05, 0) is 31.0 Å². The van der Waals surface area contributed by atoms with Crippen LogP contribution in [0.5, 0.6) is 11.5 Å². The number of rotatable bonds is 7. The topological polar surface area (TPSA) is 65.0 Å². The van der Waals surface area contributed by atoms with Crippen molar-refractivity contribution in [1.82, 2.24) is 10.2 Å². The molecule has 1 aromatic carbocycles.